The Morgan fingerprint density at radius 1 is 1.33 bits per heavy atom. The number of nitrogens with two attached hydrogens (primary N) is 1. The van der Waals surface area contributed by atoms with Gasteiger partial charge in [-0.1, -0.05) is 30.3 Å². The van der Waals surface area contributed by atoms with Crippen LogP contribution >= 0.6 is 0 Å². The number of tetrazole rings is 1. The van der Waals surface area contributed by atoms with Gasteiger partial charge in [0.15, 0.2) is 0 Å². The highest BCUT2D eigenvalue weighted by Gasteiger charge is 2.27. The maximum atomic E-state index is 12.9. The summed E-state index contributed by atoms with van der Waals surface area (Å²) in [4.78, 5) is 12.5. The van der Waals surface area contributed by atoms with Gasteiger partial charge in [0.25, 0.3) is 5.92 Å². The molecular weight excluding hydrogens is 282 g/mol. The van der Waals surface area contributed by atoms with Gasteiger partial charge in [0, 0.05) is 5.56 Å². The quantitative estimate of drug-likeness (QED) is 0.785. The minimum Gasteiger partial charge on any atom is -0.348 e. The SMILES string of the molecule is NCC(F)(F)CNC(=O)Cn1nnc(-c2ccccc2)n1. The lowest BCUT2D eigenvalue weighted by Crippen LogP contribution is -2.42. The van der Waals surface area contributed by atoms with E-state index in [1.165, 1.54) is 0 Å². The van der Waals surface area contributed by atoms with Crippen molar-refractivity contribution in [1.29, 1.82) is 0 Å². The van der Waals surface area contributed by atoms with Crippen molar-refractivity contribution in [3.05, 3.63) is 30.3 Å². The summed E-state index contributed by atoms with van der Waals surface area (Å²) in [5, 5.41) is 13.6. The van der Waals surface area contributed by atoms with Crippen LogP contribution in [0, 0.1) is 0 Å². The molecule has 0 spiro atoms. The van der Waals surface area contributed by atoms with E-state index in [9.17, 15) is 13.6 Å². The number of alkyl halides is 2. The number of aromatic nitrogens is 4. The van der Waals surface area contributed by atoms with Gasteiger partial charge in [0.1, 0.15) is 6.54 Å². The summed E-state index contributed by atoms with van der Waals surface area (Å²) in [5.41, 5.74) is 5.62. The average molecular weight is 296 g/mol. The van der Waals surface area contributed by atoms with Crippen LogP contribution in [0.5, 0.6) is 0 Å². The second kappa shape index (κ2) is 6.35. The van der Waals surface area contributed by atoms with Gasteiger partial charge in [0.2, 0.25) is 11.7 Å². The molecule has 112 valence electrons. The topological polar surface area (TPSA) is 98.7 Å². The van der Waals surface area contributed by atoms with Crippen LogP contribution in [-0.4, -0.2) is 45.1 Å². The molecule has 1 heterocycles. The third kappa shape index (κ3) is 4.28. The Morgan fingerprint density at radius 2 is 2.05 bits per heavy atom. The number of rotatable bonds is 6. The minimum absolute atomic E-state index is 0.291. The smallest absolute Gasteiger partial charge is 0.277 e. The number of benzene rings is 1. The van der Waals surface area contributed by atoms with Gasteiger partial charge >= 0.3 is 0 Å². The number of carbonyl (C=O) groups is 1. The van der Waals surface area contributed by atoms with Crippen molar-refractivity contribution in [1.82, 2.24) is 25.5 Å². The first-order valence-corrected chi connectivity index (χ1v) is 6.18. The predicted octanol–water partition coefficient (Wildman–Crippen LogP) is 0.0503. The fraction of sp³-hybridized carbons (Fsp3) is 0.333. The van der Waals surface area contributed by atoms with E-state index in [1.54, 1.807) is 12.1 Å². The van der Waals surface area contributed by atoms with E-state index in [0.29, 0.717) is 5.82 Å². The molecule has 0 fully saturated rings. The molecule has 1 amide bonds. The Balaban J connectivity index is 1.92. The van der Waals surface area contributed by atoms with Crippen molar-refractivity contribution in [3.63, 3.8) is 0 Å². The van der Waals surface area contributed by atoms with Crippen LogP contribution in [0.2, 0.25) is 0 Å². The van der Waals surface area contributed by atoms with E-state index in [-0.39, 0.29) is 6.54 Å². The molecule has 0 unspecified atom stereocenters. The van der Waals surface area contributed by atoms with Crippen LogP contribution < -0.4 is 11.1 Å². The first-order valence-electron chi connectivity index (χ1n) is 6.18. The second-order valence-corrected chi connectivity index (χ2v) is 4.35. The molecule has 0 aliphatic rings. The molecule has 2 rings (SSSR count). The fourth-order valence-electron chi connectivity index (χ4n) is 1.50. The lowest BCUT2D eigenvalue weighted by Gasteiger charge is -2.13. The molecule has 1 aromatic heterocycles. The Kier molecular flexibility index (Phi) is 4.53. The zero-order valence-corrected chi connectivity index (χ0v) is 11.0. The van der Waals surface area contributed by atoms with Crippen LogP contribution in [0.3, 0.4) is 0 Å². The molecule has 0 atom stereocenters. The Bertz CT molecular complexity index is 601. The Hall–Kier alpha value is -2.42. The van der Waals surface area contributed by atoms with Gasteiger partial charge in [-0.05, 0) is 5.21 Å². The molecule has 7 nitrogen and oxygen atoms in total. The van der Waals surface area contributed by atoms with Crippen molar-refractivity contribution < 1.29 is 13.6 Å². The van der Waals surface area contributed by atoms with Gasteiger partial charge in [-0.15, -0.1) is 10.2 Å². The zero-order valence-electron chi connectivity index (χ0n) is 11.0. The van der Waals surface area contributed by atoms with Crippen LogP contribution in [0.4, 0.5) is 8.78 Å². The van der Waals surface area contributed by atoms with Crippen LogP contribution in [0.25, 0.3) is 11.4 Å². The Morgan fingerprint density at radius 3 is 2.71 bits per heavy atom. The second-order valence-electron chi connectivity index (χ2n) is 4.35. The summed E-state index contributed by atoms with van der Waals surface area (Å²) in [5.74, 6) is -3.41. The lowest BCUT2D eigenvalue weighted by atomic mass is 10.2. The predicted molar refractivity (Wildman–Crippen MR) is 70.3 cm³/mol. The van der Waals surface area contributed by atoms with E-state index in [4.69, 9.17) is 5.73 Å². The number of halogens is 2. The zero-order chi connectivity index (χ0) is 15.3. The number of nitrogens with one attached hydrogen (secondary N) is 1. The molecule has 1 aromatic carbocycles. The normalized spacial score (nSPS) is 11.4. The lowest BCUT2D eigenvalue weighted by molar-refractivity contribution is -0.123. The fourth-order valence-corrected chi connectivity index (χ4v) is 1.50. The number of amides is 1. The molecule has 0 bridgehead atoms. The standard InChI is InChI=1S/C12H14F2N6O/c13-12(14,7-15)8-16-10(21)6-20-18-11(17-19-20)9-4-2-1-3-5-9/h1-5H,6-8,15H2,(H,16,21). The third-order valence-electron chi connectivity index (χ3n) is 2.61. The van der Waals surface area contributed by atoms with Crippen LogP contribution in [0.1, 0.15) is 0 Å². The number of carbonyl (C=O) groups excluding carboxylic acids is 1. The maximum Gasteiger partial charge on any atom is 0.277 e. The number of hydrogen-bond acceptors (Lipinski definition) is 5. The first kappa shape index (κ1) is 15.0. The monoisotopic (exact) mass is 296 g/mol. The summed E-state index contributed by atoms with van der Waals surface area (Å²) in [6.07, 6.45) is 0. The van der Waals surface area contributed by atoms with E-state index in [1.807, 2.05) is 18.2 Å². The van der Waals surface area contributed by atoms with Crippen molar-refractivity contribution in [2.75, 3.05) is 13.1 Å². The van der Waals surface area contributed by atoms with Crippen molar-refractivity contribution in [3.8, 4) is 11.4 Å². The van der Waals surface area contributed by atoms with Crippen molar-refractivity contribution >= 4 is 5.91 Å². The van der Waals surface area contributed by atoms with E-state index in [2.05, 4.69) is 20.7 Å². The number of hydrogen-bond donors (Lipinski definition) is 2. The van der Waals surface area contributed by atoms with Gasteiger partial charge < -0.3 is 11.1 Å². The molecule has 3 N–H and O–H groups in total. The molecule has 0 aliphatic carbocycles. The van der Waals surface area contributed by atoms with E-state index in [0.717, 1.165) is 10.4 Å². The third-order valence-corrected chi connectivity index (χ3v) is 2.61. The number of nitrogens with zero attached hydrogens (tertiary/aromatic N) is 4. The van der Waals surface area contributed by atoms with E-state index < -0.39 is 24.9 Å². The van der Waals surface area contributed by atoms with Gasteiger partial charge in [-0.25, -0.2) is 8.78 Å². The molecule has 0 aliphatic heterocycles. The molecule has 0 saturated carbocycles. The molecule has 9 heteroatoms. The summed E-state index contributed by atoms with van der Waals surface area (Å²) < 4.78 is 25.8. The van der Waals surface area contributed by atoms with Crippen molar-refractivity contribution in [2.24, 2.45) is 5.73 Å². The summed E-state index contributed by atoms with van der Waals surface area (Å²) in [7, 11) is 0. The van der Waals surface area contributed by atoms with Gasteiger partial charge in [0.05, 0.1) is 13.1 Å². The molecule has 2 aromatic rings. The molecule has 0 saturated heterocycles. The van der Waals surface area contributed by atoms with Crippen LogP contribution in [0.15, 0.2) is 30.3 Å². The average Bonchev–Trinajstić information content (AvgIpc) is 2.95. The maximum absolute atomic E-state index is 12.9. The summed E-state index contributed by atoms with van der Waals surface area (Å²) in [6.45, 7) is -1.93. The first-order chi connectivity index (χ1) is 10.00. The van der Waals surface area contributed by atoms with Crippen molar-refractivity contribution in [2.45, 2.75) is 12.5 Å². The molecule has 21 heavy (non-hydrogen) atoms. The van der Waals surface area contributed by atoms with Crippen LogP contribution in [-0.2, 0) is 11.3 Å². The van der Waals surface area contributed by atoms with Gasteiger partial charge in [-0.3, -0.25) is 4.79 Å². The summed E-state index contributed by atoms with van der Waals surface area (Å²) >= 11 is 0. The molecule has 0 radical (unpaired) electrons. The summed E-state index contributed by atoms with van der Waals surface area (Å²) in [6, 6.07) is 9.07. The highest BCUT2D eigenvalue weighted by atomic mass is 19.3. The largest absolute Gasteiger partial charge is 0.348 e. The Labute approximate surface area is 119 Å². The van der Waals surface area contributed by atoms with Gasteiger partial charge in [-0.2, -0.15) is 4.80 Å². The van der Waals surface area contributed by atoms with E-state index >= 15 is 0 Å². The highest BCUT2D eigenvalue weighted by Crippen LogP contribution is 2.11. The minimum atomic E-state index is -3.12. The highest BCUT2D eigenvalue weighted by molar-refractivity contribution is 5.75. The molecular formula is C12H14F2N6O.